The van der Waals surface area contributed by atoms with Gasteiger partial charge in [0.25, 0.3) is 5.69 Å². The van der Waals surface area contributed by atoms with Crippen molar-refractivity contribution in [2.24, 2.45) is 5.92 Å². The highest BCUT2D eigenvalue weighted by atomic mass is 79.9. The van der Waals surface area contributed by atoms with E-state index in [0.717, 1.165) is 10.9 Å². The molecule has 0 amide bonds. The molecular formula is C12H15BrN2O2. The molecule has 5 heteroatoms. The van der Waals surface area contributed by atoms with Gasteiger partial charge >= 0.3 is 0 Å². The Labute approximate surface area is 109 Å². The van der Waals surface area contributed by atoms with Crippen molar-refractivity contribution in [3.63, 3.8) is 0 Å². The number of nitro benzene ring substituents is 1. The average molecular weight is 299 g/mol. The number of anilines is 1. The lowest BCUT2D eigenvalue weighted by Gasteiger charge is -2.06. The van der Waals surface area contributed by atoms with Crippen LogP contribution in [-0.4, -0.2) is 11.0 Å². The van der Waals surface area contributed by atoms with Gasteiger partial charge in [0.15, 0.2) is 0 Å². The van der Waals surface area contributed by atoms with Crippen LogP contribution in [0.3, 0.4) is 0 Å². The molecule has 0 radical (unpaired) electrons. The third kappa shape index (κ3) is 2.97. The highest BCUT2D eigenvalue weighted by molar-refractivity contribution is 9.10. The Kier molecular flexibility index (Phi) is 3.66. The van der Waals surface area contributed by atoms with E-state index in [2.05, 4.69) is 28.2 Å². The van der Waals surface area contributed by atoms with Crippen molar-refractivity contribution < 1.29 is 4.92 Å². The minimum atomic E-state index is -0.343. The van der Waals surface area contributed by atoms with Crippen LogP contribution in [0.15, 0.2) is 22.7 Å². The van der Waals surface area contributed by atoms with Crippen LogP contribution in [0, 0.1) is 16.0 Å². The number of rotatable bonds is 5. The molecule has 1 N–H and O–H groups in total. The zero-order chi connectivity index (χ0) is 12.4. The fourth-order valence-corrected chi connectivity index (χ4v) is 2.44. The smallest absolute Gasteiger partial charge is 0.293 e. The van der Waals surface area contributed by atoms with Gasteiger partial charge in [0.05, 0.1) is 4.92 Å². The summed E-state index contributed by atoms with van der Waals surface area (Å²) in [5, 5.41) is 14.2. The first kappa shape index (κ1) is 12.4. The highest BCUT2D eigenvalue weighted by Crippen LogP contribution is 2.39. The number of hydrogen-bond donors (Lipinski definition) is 1. The molecular weight excluding hydrogens is 284 g/mol. The SMILES string of the molecule is CCCC1CC1Nc1ccc(Br)cc1[N+](=O)[O-]. The lowest BCUT2D eigenvalue weighted by atomic mass is 10.2. The fourth-order valence-electron chi connectivity index (χ4n) is 2.09. The normalized spacial score (nSPS) is 22.2. The van der Waals surface area contributed by atoms with E-state index in [1.165, 1.54) is 12.8 Å². The van der Waals surface area contributed by atoms with Gasteiger partial charge in [-0.05, 0) is 30.9 Å². The summed E-state index contributed by atoms with van der Waals surface area (Å²) in [6.07, 6.45) is 3.49. The van der Waals surface area contributed by atoms with Gasteiger partial charge in [0.2, 0.25) is 0 Å². The molecule has 4 nitrogen and oxygen atoms in total. The van der Waals surface area contributed by atoms with Crippen LogP contribution in [0.4, 0.5) is 11.4 Å². The number of halogens is 1. The Hall–Kier alpha value is -1.10. The topological polar surface area (TPSA) is 55.2 Å². The summed E-state index contributed by atoms with van der Waals surface area (Å²) < 4.78 is 0.732. The molecule has 0 spiro atoms. The predicted molar refractivity (Wildman–Crippen MR) is 71.2 cm³/mol. The molecule has 0 saturated heterocycles. The van der Waals surface area contributed by atoms with Crippen LogP contribution >= 0.6 is 15.9 Å². The van der Waals surface area contributed by atoms with E-state index in [0.29, 0.717) is 17.6 Å². The first-order chi connectivity index (χ1) is 8.11. The fraction of sp³-hybridized carbons (Fsp3) is 0.500. The predicted octanol–water partition coefficient (Wildman–Crippen LogP) is 3.96. The van der Waals surface area contributed by atoms with Crippen LogP contribution in [0.1, 0.15) is 26.2 Å². The molecule has 92 valence electrons. The van der Waals surface area contributed by atoms with Crippen LogP contribution in [0.5, 0.6) is 0 Å². The van der Waals surface area contributed by atoms with E-state index in [1.54, 1.807) is 12.1 Å². The first-order valence-electron chi connectivity index (χ1n) is 5.82. The molecule has 1 saturated carbocycles. The van der Waals surface area contributed by atoms with Gasteiger partial charge in [-0.1, -0.05) is 29.3 Å². The quantitative estimate of drug-likeness (QED) is 0.661. The highest BCUT2D eigenvalue weighted by Gasteiger charge is 2.36. The lowest BCUT2D eigenvalue weighted by molar-refractivity contribution is -0.384. The standard InChI is InChI=1S/C12H15BrN2O2/c1-2-3-8-6-11(8)14-10-5-4-9(13)7-12(10)15(16)17/h4-5,7-8,11,14H,2-3,6H2,1H3. The van der Waals surface area contributed by atoms with Gasteiger partial charge < -0.3 is 5.32 Å². The molecule has 0 aliphatic heterocycles. The molecule has 2 unspecified atom stereocenters. The maximum Gasteiger partial charge on any atom is 0.293 e. The molecule has 2 atom stereocenters. The Morgan fingerprint density at radius 2 is 2.35 bits per heavy atom. The van der Waals surface area contributed by atoms with Gasteiger partial charge in [-0.2, -0.15) is 0 Å². The molecule has 2 rings (SSSR count). The van der Waals surface area contributed by atoms with E-state index in [1.807, 2.05) is 6.07 Å². The van der Waals surface area contributed by atoms with Crippen LogP contribution < -0.4 is 5.32 Å². The molecule has 0 aromatic heterocycles. The van der Waals surface area contributed by atoms with Crippen LogP contribution in [-0.2, 0) is 0 Å². The molecule has 17 heavy (non-hydrogen) atoms. The van der Waals surface area contributed by atoms with Gasteiger partial charge in [-0.25, -0.2) is 0 Å². The maximum atomic E-state index is 10.9. The Balaban J connectivity index is 2.08. The van der Waals surface area contributed by atoms with Crippen molar-refractivity contribution in [3.05, 3.63) is 32.8 Å². The number of nitrogens with one attached hydrogen (secondary N) is 1. The Morgan fingerprint density at radius 3 is 3.00 bits per heavy atom. The van der Waals surface area contributed by atoms with Crippen molar-refractivity contribution in [1.29, 1.82) is 0 Å². The van der Waals surface area contributed by atoms with Crippen LogP contribution in [0.2, 0.25) is 0 Å². The van der Waals surface area contributed by atoms with Gasteiger partial charge in [0.1, 0.15) is 5.69 Å². The summed E-state index contributed by atoms with van der Waals surface area (Å²) >= 11 is 3.25. The largest absolute Gasteiger partial charge is 0.376 e. The van der Waals surface area contributed by atoms with E-state index in [9.17, 15) is 10.1 Å². The zero-order valence-corrected chi connectivity index (χ0v) is 11.2. The summed E-state index contributed by atoms with van der Waals surface area (Å²) in [6, 6.07) is 5.55. The van der Waals surface area contributed by atoms with E-state index in [4.69, 9.17) is 0 Å². The summed E-state index contributed by atoms with van der Waals surface area (Å²) in [5.74, 6) is 0.684. The lowest BCUT2D eigenvalue weighted by Crippen LogP contribution is -2.06. The minimum absolute atomic E-state index is 0.140. The molecule has 0 heterocycles. The number of nitro groups is 1. The van der Waals surface area contributed by atoms with Crippen molar-refractivity contribution in [2.75, 3.05) is 5.32 Å². The van der Waals surface area contributed by atoms with Crippen molar-refractivity contribution in [3.8, 4) is 0 Å². The van der Waals surface area contributed by atoms with Crippen LogP contribution in [0.25, 0.3) is 0 Å². The second kappa shape index (κ2) is 5.04. The van der Waals surface area contributed by atoms with Gasteiger partial charge in [0, 0.05) is 16.6 Å². The third-order valence-electron chi connectivity index (χ3n) is 3.08. The third-order valence-corrected chi connectivity index (χ3v) is 3.57. The monoisotopic (exact) mass is 298 g/mol. The Morgan fingerprint density at radius 1 is 1.59 bits per heavy atom. The minimum Gasteiger partial charge on any atom is -0.376 e. The van der Waals surface area contributed by atoms with Crippen molar-refractivity contribution in [2.45, 2.75) is 32.2 Å². The second-order valence-corrected chi connectivity index (χ2v) is 5.37. The molecule has 1 aromatic rings. The van der Waals surface area contributed by atoms with Crippen molar-refractivity contribution >= 4 is 27.3 Å². The van der Waals surface area contributed by atoms with Crippen molar-refractivity contribution in [1.82, 2.24) is 0 Å². The van der Waals surface area contributed by atoms with E-state index in [-0.39, 0.29) is 10.6 Å². The molecule has 0 bridgehead atoms. The second-order valence-electron chi connectivity index (χ2n) is 4.45. The van der Waals surface area contributed by atoms with E-state index < -0.39 is 0 Å². The Bertz CT molecular complexity index is 437. The summed E-state index contributed by atoms with van der Waals surface area (Å²) in [4.78, 5) is 10.6. The maximum absolute atomic E-state index is 10.9. The van der Waals surface area contributed by atoms with Gasteiger partial charge in [-0.15, -0.1) is 0 Å². The number of nitrogens with zero attached hydrogens (tertiary/aromatic N) is 1. The van der Waals surface area contributed by atoms with E-state index >= 15 is 0 Å². The van der Waals surface area contributed by atoms with Gasteiger partial charge in [-0.3, -0.25) is 10.1 Å². The summed E-state index contributed by atoms with van der Waals surface area (Å²) in [5.41, 5.74) is 0.767. The summed E-state index contributed by atoms with van der Waals surface area (Å²) in [7, 11) is 0. The molecule has 1 aromatic carbocycles. The average Bonchev–Trinajstić information content (AvgIpc) is 2.99. The first-order valence-corrected chi connectivity index (χ1v) is 6.61. The number of benzene rings is 1. The zero-order valence-electron chi connectivity index (χ0n) is 9.65. The number of hydrogen-bond acceptors (Lipinski definition) is 3. The molecule has 1 aliphatic carbocycles. The summed E-state index contributed by atoms with van der Waals surface area (Å²) in [6.45, 7) is 2.16. The molecule has 1 fully saturated rings. The molecule has 1 aliphatic rings.